The van der Waals surface area contributed by atoms with E-state index in [0.29, 0.717) is 17.3 Å². The van der Waals surface area contributed by atoms with Gasteiger partial charge in [-0.15, -0.1) is 0 Å². The fourth-order valence-electron chi connectivity index (χ4n) is 3.76. The van der Waals surface area contributed by atoms with Crippen molar-refractivity contribution in [3.63, 3.8) is 0 Å². The number of aromatic nitrogens is 3. The van der Waals surface area contributed by atoms with Crippen molar-refractivity contribution >= 4 is 5.82 Å². The average Bonchev–Trinajstić information content (AvgIpc) is 3.08. The van der Waals surface area contributed by atoms with Crippen LogP contribution in [0.1, 0.15) is 38.8 Å². The van der Waals surface area contributed by atoms with Gasteiger partial charge >= 0.3 is 6.18 Å². The molecule has 2 aromatic rings. The molecule has 0 spiro atoms. The molecule has 0 radical (unpaired) electrons. The number of fused-ring (bicyclic) bond motifs is 1. The van der Waals surface area contributed by atoms with Gasteiger partial charge in [-0.25, -0.2) is 4.98 Å². The topological polar surface area (TPSA) is 69.2 Å². The highest BCUT2D eigenvalue weighted by molar-refractivity contribution is 5.61. The number of piperidine rings is 1. The first-order valence-electron chi connectivity index (χ1n) is 10.2. The smallest absolute Gasteiger partial charge is 0.383 e. The molecule has 6 nitrogen and oxygen atoms in total. The van der Waals surface area contributed by atoms with E-state index in [1.54, 1.807) is 24.1 Å². The fourth-order valence-corrected chi connectivity index (χ4v) is 3.76. The number of likely N-dealkylation sites (tertiary alicyclic amines) is 1. The Hall–Kier alpha value is -2.13. The lowest BCUT2D eigenvalue weighted by Gasteiger charge is -2.24. The zero-order valence-corrected chi connectivity index (χ0v) is 17.9. The first-order chi connectivity index (χ1) is 14.1. The summed E-state index contributed by atoms with van der Waals surface area (Å²) >= 11 is 0. The van der Waals surface area contributed by atoms with Crippen molar-refractivity contribution in [1.29, 1.82) is 0 Å². The van der Waals surface area contributed by atoms with Crippen LogP contribution in [-0.2, 0) is 10.9 Å². The quantitative estimate of drug-likeness (QED) is 0.781. The Balaban J connectivity index is 0.000000196. The maximum Gasteiger partial charge on any atom is 0.419 e. The van der Waals surface area contributed by atoms with Crippen molar-refractivity contribution < 1.29 is 17.9 Å². The number of nitrogens with zero attached hydrogens (tertiary/aromatic N) is 4. The van der Waals surface area contributed by atoms with Crippen LogP contribution >= 0.6 is 0 Å². The lowest BCUT2D eigenvalue weighted by atomic mass is 10.1. The summed E-state index contributed by atoms with van der Waals surface area (Å²) in [5, 5.41) is 4.20. The predicted molar refractivity (Wildman–Crippen MR) is 110 cm³/mol. The minimum Gasteiger partial charge on any atom is -0.383 e. The molecule has 2 aromatic heterocycles. The Morgan fingerprint density at radius 1 is 1.23 bits per heavy atom. The molecule has 1 saturated carbocycles. The minimum atomic E-state index is -4.52. The first-order valence-corrected chi connectivity index (χ1v) is 10.2. The Morgan fingerprint density at radius 3 is 2.43 bits per heavy atom. The molecule has 0 bridgehead atoms. The van der Waals surface area contributed by atoms with Gasteiger partial charge in [0.1, 0.15) is 5.82 Å². The van der Waals surface area contributed by atoms with E-state index in [1.807, 2.05) is 13.8 Å². The molecule has 3 atom stereocenters. The van der Waals surface area contributed by atoms with E-state index in [-0.39, 0.29) is 6.04 Å². The number of ether oxygens (including phenoxy) is 1. The molecule has 3 heterocycles. The molecule has 4 rings (SSSR count). The lowest BCUT2D eigenvalue weighted by molar-refractivity contribution is -0.137. The lowest BCUT2D eigenvalue weighted by Crippen LogP contribution is -2.35. The zero-order chi connectivity index (χ0) is 22.1. The molecule has 166 valence electrons. The van der Waals surface area contributed by atoms with Crippen LogP contribution in [0.2, 0.25) is 0 Å². The van der Waals surface area contributed by atoms with E-state index in [2.05, 4.69) is 21.9 Å². The number of methoxy groups -OCH3 is 1. The van der Waals surface area contributed by atoms with Crippen LogP contribution in [0.3, 0.4) is 0 Å². The van der Waals surface area contributed by atoms with Crippen molar-refractivity contribution in [3.05, 3.63) is 30.1 Å². The molecule has 0 amide bonds. The van der Waals surface area contributed by atoms with Gasteiger partial charge < -0.3 is 10.5 Å². The van der Waals surface area contributed by atoms with Crippen LogP contribution in [0.4, 0.5) is 19.0 Å². The summed E-state index contributed by atoms with van der Waals surface area (Å²) in [6, 6.07) is 3.38. The van der Waals surface area contributed by atoms with Gasteiger partial charge in [-0.2, -0.15) is 18.3 Å². The Bertz CT molecular complexity index is 841. The highest BCUT2D eigenvalue weighted by Gasteiger charge is 2.45. The Morgan fingerprint density at radius 2 is 1.90 bits per heavy atom. The van der Waals surface area contributed by atoms with Crippen molar-refractivity contribution in [3.8, 4) is 11.3 Å². The van der Waals surface area contributed by atoms with Crippen LogP contribution in [0.5, 0.6) is 0 Å². The molecule has 2 fully saturated rings. The maximum absolute atomic E-state index is 12.7. The van der Waals surface area contributed by atoms with Gasteiger partial charge in [0, 0.05) is 50.2 Å². The summed E-state index contributed by atoms with van der Waals surface area (Å²) in [5.74, 6) is 1.57. The third-order valence-corrected chi connectivity index (χ3v) is 5.70. The summed E-state index contributed by atoms with van der Waals surface area (Å²) in [5.41, 5.74) is 5.04. The Kier molecular flexibility index (Phi) is 6.71. The van der Waals surface area contributed by atoms with E-state index in [1.165, 1.54) is 25.7 Å². The van der Waals surface area contributed by atoms with Crippen LogP contribution in [0.25, 0.3) is 11.3 Å². The number of alkyl halides is 3. The minimum absolute atomic E-state index is 0.137. The number of nitrogen functional groups attached to an aromatic ring is 1. The van der Waals surface area contributed by atoms with Gasteiger partial charge in [0.15, 0.2) is 0 Å². The van der Waals surface area contributed by atoms with Gasteiger partial charge in [-0.05, 0) is 51.2 Å². The average molecular weight is 425 g/mol. The predicted octanol–water partition coefficient (Wildman–Crippen LogP) is 4.10. The number of halogens is 3. The second kappa shape index (κ2) is 8.93. The number of nitrogens with two attached hydrogens (primary N) is 1. The second-order valence-electron chi connectivity index (χ2n) is 8.44. The van der Waals surface area contributed by atoms with Crippen LogP contribution in [0, 0.1) is 11.8 Å². The van der Waals surface area contributed by atoms with Gasteiger partial charge in [0.05, 0.1) is 17.9 Å². The molecule has 2 N–H and O–H groups in total. The van der Waals surface area contributed by atoms with Gasteiger partial charge in [0.25, 0.3) is 0 Å². The molecule has 30 heavy (non-hydrogen) atoms. The van der Waals surface area contributed by atoms with E-state index in [9.17, 15) is 13.2 Å². The number of rotatable bonds is 5. The summed E-state index contributed by atoms with van der Waals surface area (Å²) in [6.07, 6.45) is -0.0227. The molecular weight excluding hydrogens is 395 g/mol. The third-order valence-electron chi connectivity index (χ3n) is 5.70. The number of hydrogen-bond donors (Lipinski definition) is 1. The summed E-state index contributed by atoms with van der Waals surface area (Å²) < 4.78 is 45.0. The van der Waals surface area contributed by atoms with Crippen LogP contribution in [-0.4, -0.2) is 52.5 Å². The zero-order valence-electron chi connectivity index (χ0n) is 17.9. The summed E-state index contributed by atoms with van der Waals surface area (Å²) in [7, 11) is 1.79. The fraction of sp³-hybridized carbons (Fsp3) is 0.619. The second-order valence-corrected chi connectivity index (χ2v) is 8.44. The SMILES string of the molecule is CC(C)n1ccc(-c2cnc(N)c(C(F)(F)F)c2)n1.COCC(C)N1CC2CC2C1. The van der Waals surface area contributed by atoms with Crippen molar-refractivity contribution in [2.45, 2.75) is 45.5 Å². The highest BCUT2D eigenvalue weighted by atomic mass is 19.4. The molecule has 1 saturated heterocycles. The van der Waals surface area contributed by atoms with E-state index < -0.39 is 17.6 Å². The molecule has 0 aromatic carbocycles. The van der Waals surface area contributed by atoms with Crippen LogP contribution < -0.4 is 5.73 Å². The summed E-state index contributed by atoms with van der Waals surface area (Å²) in [6.45, 7) is 9.66. The summed E-state index contributed by atoms with van der Waals surface area (Å²) in [4.78, 5) is 6.14. The van der Waals surface area contributed by atoms with Gasteiger partial charge in [-0.1, -0.05) is 0 Å². The number of pyridine rings is 1. The normalized spacial score (nSPS) is 21.9. The van der Waals surface area contributed by atoms with Gasteiger partial charge in [0.2, 0.25) is 0 Å². The van der Waals surface area contributed by atoms with Crippen molar-refractivity contribution in [2.24, 2.45) is 11.8 Å². The third kappa shape index (κ3) is 5.31. The molecule has 9 heteroatoms. The number of anilines is 1. The largest absolute Gasteiger partial charge is 0.419 e. The number of hydrogen-bond acceptors (Lipinski definition) is 5. The highest BCUT2D eigenvalue weighted by Crippen LogP contribution is 2.45. The molecule has 1 aliphatic heterocycles. The monoisotopic (exact) mass is 425 g/mol. The standard InChI is InChI=1S/C12H13F3N4.C9H17NO/c1-7(2)19-4-3-10(18-19)8-5-9(12(13,14)15)11(16)17-6-8;1-7(6-11-2)10-4-8-3-9(8)5-10/h3-7H,1-2H3,(H2,16,17);7-9H,3-6H2,1-2H3. The maximum atomic E-state index is 12.7. The van der Waals surface area contributed by atoms with E-state index in [4.69, 9.17) is 10.5 Å². The molecule has 1 aliphatic carbocycles. The van der Waals surface area contributed by atoms with Crippen LogP contribution in [0.15, 0.2) is 24.5 Å². The molecule has 3 unspecified atom stereocenters. The molecule has 2 aliphatic rings. The van der Waals surface area contributed by atoms with Gasteiger partial charge in [-0.3, -0.25) is 9.58 Å². The van der Waals surface area contributed by atoms with Crippen molar-refractivity contribution in [2.75, 3.05) is 32.5 Å². The van der Waals surface area contributed by atoms with Crippen molar-refractivity contribution in [1.82, 2.24) is 19.7 Å². The van der Waals surface area contributed by atoms with E-state index >= 15 is 0 Å². The first kappa shape index (κ1) is 22.6. The Labute approximate surface area is 175 Å². The molecular formula is C21H30F3N5O. The van der Waals surface area contributed by atoms with E-state index in [0.717, 1.165) is 24.5 Å².